The van der Waals surface area contributed by atoms with Crippen LogP contribution in [-0.4, -0.2) is 18.6 Å². The molecule has 0 aliphatic heterocycles. The quantitative estimate of drug-likeness (QED) is 0.372. The summed E-state index contributed by atoms with van der Waals surface area (Å²) in [6.45, 7) is 6.09. The van der Waals surface area contributed by atoms with Crippen LogP contribution in [0.2, 0.25) is 0 Å². The molecule has 3 nitrogen and oxygen atoms in total. The van der Waals surface area contributed by atoms with E-state index in [2.05, 4.69) is 13.5 Å². The number of carbonyl (C=O) groups is 1. The number of carbonyl (C=O) groups excluding carboxylic acids is 1. The smallest absolute Gasteiger partial charge is 0.323 e. The van der Waals surface area contributed by atoms with E-state index in [1.165, 1.54) is 0 Å². The second kappa shape index (κ2) is 7.80. The Labute approximate surface area is 79.9 Å². The molecule has 0 bridgehead atoms. The third-order valence-electron chi connectivity index (χ3n) is 1.72. The molecule has 0 aromatic rings. The van der Waals surface area contributed by atoms with Crippen LogP contribution in [0, 0.1) is 0 Å². The molecule has 0 saturated carbocycles. The minimum Gasteiger partial charge on any atom is -0.465 e. The van der Waals surface area contributed by atoms with Crippen molar-refractivity contribution in [2.45, 2.75) is 38.6 Å². The van der Waals surface area contributed by atoms with Crippen molar-refractivity contribution in [3.05, 3.63) is 12.7 Å². The van der Waals surface area contributed by atoms with Crippen LogP contribution in [0.25, 0.3) is 0 Å². The van der Waals surface area contributed by atoms with Crippen LogP contribution < -0.4 is 5.73 Å². The van der Waals surface area contributed by atoms with Gasteiger partial charge >= 0.3 is 5.97 Å². The Bertz CT molecular complexity index is 157. The molecule has 3 heteroatoms. The monoisotopic (exact) mass is 185 g/mol. The number of ether oxygens (including phenoxy) is 1. The molecule has 0 aromatic heterocycles. The molecule has 1 unspecified atom stereocenters. The number of unbranched alkanes of at least 4 members (excludes halogenated alkanes) is 2. The summed E-state index contributed by atoms with van der Waals surface area (Å²) in [5.41, 5.74) is 5.50. The summed E-state index contributed by atoms with van der Waals surface area (Å²) in [7, 11) is 0. The summed E-state index contributed by atoms with van der Waals surface area (Å²) < 4.78 is 4.95. The normalized spacial score (nSPS) is 12.2. The Morgan fingerprint density at radius 1 is 1.62 bits per heavy atom. The molecule has 76 valence electrons. The first-order valence-electron chi connectivity index (χ1n) is 4.75. The summed E-state index contributed by atoms with van der Waals surface area (Å²) >= 11 is 0. The summed E-state index contributed by atoms with van der Waals surface area (Å²) in [4.78, 5) is 11.1. The number of esters is 1. The first-order chi connectivity index (χ1) is 6.22. The molecular formula is C10H19NO2. The van der Waals surface area contributed by atoms with Crippen LogP contribution in [0.5, 0.6) is 0 Å². The fourth-order valence-corrected chi connectivity index (χ4v) is 0.908. The van der Waals surface area contributed by atoms with Gasteiger partial charge in [-0.2, -0.15) is 0 Å². The average Bonchev–Trinajstić information content (AvgIpc) is 2.12. The van der Waals surface area contributed by atoms with E-state index in [1.807, 2.05) is 0 Å². The Balaban J connectivity index is 3.44. The topological polar surface area (TPSA) is 52.3 Å². The van der Waals surface area contributed by atoms with Crippen molar-refractivity contribution in [1.82, 2.24) is 0 Å². The molecule has 0 aliphatic rings. The highest BCUT2D eigenvalue weighted by molar-refractivity contribution is 5.75. The van der Waals surface area contributed by atoms with Gasteiger partial charge in [-0.3, -0.25) is 4.79 Å². The molecule has 0 amide bonds. The molecule has 0 spiro atoms. The lowest BCUT2D eigenvalue weighted by Gasteiger charge is -2.08. The van der Waals surface area contributed by atoms with Crippen molar-refractivity contribution in [2.75, 3.05) is 6.61 Å². The lowest BCUT2D eigenvalue weighted by Crippen LogP contribution is -2.31. The maximum Gasteiger partial charge on any atom is 0.323 e. The van der Waals surface area contributed by atoms with Crippen LogP contribution in [0.15, 0.2) is 12.7 Å². The molecule has 0 rings (SSSR count). The number of rotatable bonds is 7. The van der Waals surface area contributed by atoms with E-state index in [4.69, 9.17) is 10.5 Å². The zero-order chi connectivity index (χ0) is 10.1. The second-order valence-electron chi connectivity index (χ2n) is 3.01. The molecule has 2 N–H and O–H groups in total. The molecule has 13 heavy (non-hydrogen) atoms. The zero-order valence-electron chi connectivity index (χ0n) is 8.29. The lowest BCUT2D eigenvalue weighted by molar-refractivity contribution is -0.145. The van der Waals surface area contributed by atoms with E-state index >= 15 is 0 Å². The molecule has 0 saturated heterocycles. The van der Waals surface area contributed by atoms with Gasteiger partial charge in [0.25, 0.3) is 0 Å². The zero-order valence-corrected chi connectivity index (χ0v) is 8.29. The predicted octanol–water partition coefficient (Wildman–Crippen LogP) is 1.62. The Hall–Kier alpha value is -0.830. The van der Waals surface area contributed by atoms with Gasteiger partial charge in [-0.05, 0) is 12.8 Å². The predicted molar refractivity (Wildman–Crippen MR) is 53.3 cm³/mol. The fourth-order valence-electron chi connectivity index (χ4n) is 0.908. The van der Waals surface area contributed by atoms with Crippen molar-refractivity contribution in [1.29, 1.82) is 0 Å². The third-order valence-corrected chi connectivity index (χ3v) is 1.72. The minimum absolute atomic E-state index is 0.323. The van der Waals surface area contributed by atoms with Gasteiger partial charge in [0.2, 0.25) is 0 Å². The molecular weight excluding hydrogens is 166 g/mol. The molecule has 0 heterocycles. The van der Waals surface area contributed by atoms with Gasteiger partial charge in [-0.25, -0.2) is 0 Å². The third kappa shape index (κ3) is 6.34. The number of hydrogen-bond donors (Lipinski definition) is 1. The summed E-state index contributed by atoms with van der Waals surface area (Å²) in [6.07, 6.45) is 5.23. The summed E-state index contributed by atoms with van der Waals surface area (Å²) in [6, 6.07) is -0.542. The highest BCUT2D eigenvalue weighted by Gasteiger charge is 2.12. The van der Waals surface area contributed by atoms with Crippen molar-refractivity contribution in [3.63, 3.8) is 0 Å². The number of hydrogen-bond acceptors (Lipinski definition) is 3. The standard InChI is InChI=1S/C10H19NO2/c1-3-5-6-8-13-10(12)9(11)7-4-2/h4,9H,2-3,5-8,11H2,1H3. The van der Waals surface area contributed by atoms with Crippen molar-refractivity contribution in [3.8, 4) is 0 Å². The van der Waals surface area contributed by atoms with Crippen molar-refractivity contribution in [2.24, 2.45) is 5.73 Å². The van der Waals surface area contributed by atoms with Gasteiger partial charge in [0.05, 0.1) is 6.61 Å². The lowest BCUT2D eigenvalue weighted by atomic mass is 10.2. The van der Waals surface area contributed by atoms with E-state index in [-0.39, 0.29) is 5.97 Å². The second-order valence-corrected chi connectivity index (χ2v) is 3.01. The van der Waals surface area contributed by atoms with Gasteiger partial charge in [-0.15, -0.1) is 6.58 Å². The first-order valence-corrected chi connectivity index (χ1v) is 4.75. The molecule has 0 radical (unpaired) electrons. The van der Waals surface area contributed by atoms with Gasteiger partial charge in [0, 0.05) is 0 Å². The van der Waals surface area contributed by atoms with Crippen LogP contribution in [0.3, 0.4) is 0 Å². The van der Waals surface area contributed by atoms with E-state index in [0.717, 1.165) is 19.3 Å². The van der Waals surface area contributed by atoms with Crippen molar-refractivity contribution >= 4 is 5.97 Å². The van der Waals surface area contributed by atoms with Gasteiger partial charge in [0.15, 0.2) is 0 Å². The van der Waals surface area contributed by atoms with Gasteiger partial charge in [0.1, 0.15) is 6.04 Å². The van der Waals surface area contributed by atoms with E-state index < -0.39 is 6.04 Å². The maximum absolute atomic E-state index is 11.1. The number of nitrogens with two attached hydrogens (primary N) is 1. The maximum atomic E-state index is 11.1. The van der Waals surface area contributed by atoms with E-state index in [0.29, 0.717) is 13.0 Å². The largest absolute Gasteiger partial charge is 0.465 e. The van der Waals surface area contributed by atoms with Crippen LogP contribution in [-0.2, 0) is 9.53 Å². The minimum atomic E-state index is -0.542. The molecule has 1 atom stereocenters. The van der Waals surface area contributed by atoms with E-state index in [1.54, 1.807) is 6.08 Å². The Morgan fingerprint density at radius 3 is 2.85 bits per heavy atom. The Morgan fingerprint density at radius 2 is 2.31 bits per heavy atom. The highest BCUT2D eigenvalue weighted by atomic mass is 16.5. The summed E-state index contributed by atoms with van der Waals surface area (Å²) in [5, 5.41) is 0. The molecule has 0 aromatic carbocycles. The van der Waals surface area contributed by atoms with Gasteiger partial charge in [-0.1, -0.05) is 25.8 Å². The Kier molecular flexibility index (Phi) is 7.30. The highest BCUT2D eigenvalue weighted by Crippen LogP contribution is 1.97. The van der Waals surface area contributed by atoms with Crippen LogP contribution >= 0.6 is 0 Å². The average molecular weight is 185 g/mol. The first kappa shape index (κ1) is 12.2. The van der Waals surface area contributed by atoms with Gasteiger partial charge < -0.3 is 10.5 Å². The molecule has 0 fully saturated rings. The van der Waals surface area contributed by atoms with E-state index in [9.17, 15) is 4.79 Å². The van der Waals surface area contributed by atoms with Crippen molar-refractivity contribution < 1.29 is 9.53 Å². The SMILES string of the molecule is C=CCC(N)C(=O)OCCCCC. The molecule has 0 aliphatic carbocycles. The fraction of sp³-hybridized carbons (Fsp3) is 0.700. The summed E-state index contributed by atoms with van der Waals surface area (Å²) in [5.74, 6) is -0.323. The van der Waals surface area contributed by atoms with Crippen LogP contribution in [0.4, 0.5) is 0 Å². The van der Waals surface area contributed by atoms with Crippen LogP contribution in [0.1, 0.15) is 32.6 Å².